The first-order valence-electron chi connectivity index (χ1n) is 7.08. The lowest BCUT2D eigenvalue weighted by Gasteiger charge is -2.17. The molecule has 0 heterocycles. The zero-order valence-electron chi connectivity index (χ0n) is 12.6. The van der Waals surface area contributed by atoms with Crippen LogP contribution >= 0.6 is 0 Å². The predicted molar refractivity (Wildman–Crippen MR) is 89.7 cm³/mol. The van der Waals surface area contributed by atoms with Gasteiger partial charge in [0.2, 0.25) is 0 Å². The Morgan fingerprint density at radius 1 is 0.857 bits per heavy atom. The summed E-state index contributed by atoms with van der Waals surface area (Å²) in [6, 6.07) is 13.7. The van der Waals surface area contributed by atoms with Crippen molar-refractivity contribution in [3.63, 3.8) is 0 Å². The van der Waals surface area contributed by atoms with E-state index in [1.54, 1.807) is 6.07 Å². The topological polar surface area (TPSA) is 46.2 Å². The molecule has 0 radical (unpaired) electrons. The molecule has 0 aromatic heterocycles. The number of phenolic OH excluding ortho intramolecular Hbond substituents is 1. The van der Waals surface area contributed by atoms with Crippen LogP contribution in [-0.4, -0.2) is 5.11 Å². The lowest BCUT2D eigenvalue weighted by Crippen LogP contribution is -1.99. The zero-order chi connectivity index (χ0) is 15.1. The minimum absolute atomic E-state index is 0.270. The molecule has 0 aliphatic rings. The average molecular weight is 277 g/mol. The standard InChI is InChI=1S/C19H19NO/c1-11-10-16(20)18(13(3)12(11)2)19-15-7-5-4-6-14(15)8-9-17(19)21/h4-10,21H,20H2,1-3H3. The van der Waals surface area contributed by atoms with Crippen LogP contribution in [-0.2, 0) is 0 Å². The van der Waals surface area contributed by atoms with E-state index in [2.05, 4.69) is 20.8 Å². The third-order valence-electron chi connectivity index (χ3n) is 4.35. The third kappa shape index (κ3) is 2.04. The Kier molecular flexibility index (Phi) is 3.09. The second kappa shape index (κ2) is 4.81. The van der Waals surface area contributed by atoms with Gasteiger partial charge in [-0.2, -0.15) is 0 Å². The highest BCUT2D eigenvalue weighted by atomic mass is 16.3. The zero-order valence-corrected chi connectivity index (χ0v) is 12.6. The molecule has 3 rings (SSSR count). The van der Waals surface area contributed by atoms with Gasteiger partial charge in [0.25, 0.3) is 0 Å². The molecule has 0 aliphatic heterocycles. The largest absolute Gasteiger partial charge is 0.507 e. The van der Waals surface area contributed by atoms with E-state index in [4.69, 9.17) is 5.73 Å². The van der Waals surface area contributed by atoms with E-state index >= 15 is 0 Å². The van der Waals surface area contributed by atoms with Crippen molar-refractivity contribution in [2.75, 3.05) is 5.73 Å². The molecule has 2 nitrogen and oxygen atoms in total. The molecule has 106 valence electrons. The number of nitrogens with two attached hydrogens (primary N) is 1. The van der Waals surface area contributed by atoms with Crippen molar-refractivity contribution in [2.45, 2.75) is 20.8 Å². The first kappa shape index (κ1) is 13.5. The number of anilines is 1. The van der Waals surface area contributed by atoms with Crippen LogP contribution in [0.15, 0.2) is 42.5 Å². The maximum Gasteiger partial charge on any atom is 0.124 e. The quantitative estimate of drug-likeness (QED) is 0.632. The number of nitrogen functional groups attached to an aromatic ring is 1. The average Bonchev–Trinajstić information content (AvgIpc) is 2.47. The molecular formula is C19H19NO. The highest BCUT2D eigenvalue weighted by molar-refractivity contribution is 6.03. The summed E-state index contributed by atoms with van der Waals surface area (Å²) in [6.07, 6.45) is 0. The second-order valence-corrected chi connectivity index (χ2v) is 5.59. The van der Waals surface area contributed by atoms with Gasteiger partial charge in [-0.25, -0.2) is 0 Å². The lowest BCUT2D eigenvalue weighted by atomic mass is 9.89. The van der Waals surface area contributed by atoms with E-state index < -0.39 is 0 Å². The second-order valence-electron chi connectivity index (χ2n) is 5.59. The molecule has 0 spiro atoms. The van der Waals surface area contributed by atoms with Gasteiger partial charge in [0, 0.05) is 16.8 Å². The SMILES string of the molecule is Cc1cc(N)c(-c2c(O)ccc3ccccc23)c(C)c1C. The van der Waals surface area contributed by atoms with Gasteiger partial charge in [0.15, 0.2) is 0 Å². The number of hydrogen-bond acceptors (Lipinski definition) is 2. The number of aryl methyl sites for hydroxylation is 1. The first-order chi connectivity index (χ1) is 10.0. The number of benzene rings is 3. The summed E-state index contributed by atoms with van der Waals surface area (Å²) >= 11 is 0. The van der Waals surface area contributed by atoms with Gasteiger partial charge in [0.1, 0.15) is 5.75 Å². The molecule has 0 aliphatic carbocycles. The van der Waals surface area contributed by atoms with Gasteiger partial charge in [-0.05, 0) is 60.4 Å². The van der Waals surface area contributed by atoms with Crippen molar-refractivity contribution in [1.29, 1.82) is 0 Å². The Balaban J connectivity index is 2.47. The Hall–Kier alpha value is -2.48. The number of rotatable bonds is 1. The van der Waals surface area contributed by atoms with Crippen molar-refractivity contribution in [1.82, 2.24) is 0 Å². The van der Waals surface area contributed by atoms with Crippen LogP contribution in [0.3, 0.4) is 0 Å². The van der Waals surface area contributed by atoms with Crippen molar-refractivity contribution in [2.24, 2.45) is 0 Å². The Morgan fingerprint density at radius 2 is 1.57 bits per heavy atom. The number of phenols is 1. The van der Waals surface area contributed by atoms with Crippen molar-refractivity contribution >= 4 is 16.5 Å². The number of fused-ring (bicyclic) bond motifs is 1. The van der Waals surface area contributed by atoms with Crippen LogP contribution < -0.4 is 5.73 Å². The molecule has 0 atom stereocenters. The van der Waals surface area contributed by atoms with E-state index in [0.717, 1.165) is 27.5 Å². The van der Waals surface area contributed by atoms with E-state index in [9.17, 15) is 5.11 Å². The van der Waals surface area contributed by atoms with Gasteiger partial charge < -0.3 is 10.8 Å². The van der Waals surface area contributed by atoms with E-state index in [1.807, 2.05) is 36.4 Å². The van der Waals surface area contributed by atoms with Gasteiger partial charge in [-0.3, -0.25) is 0 Å². The van der Waals surface area contributed by atoms with Crippen LogP contribution in [0.5, 0.6) is 5.75 Å². The Morgan fingerprint density at radius 3 is 2.33 bits per heavy atom. The molecule has 3 aromatic rings. The highest BCUT2D eigenvalue weighted by Crippen LogP contribution is 2.42. The molecule has 3 aromatic carbocycles. The minimum Gasteiger partial charge on any atom is -0.507 e. The lowest BCUT2D eigenvalue weighted by molar-refractivity contribution is 0.478. The molecule has 0 bridgehead atoms. The summed E-state index contributed by atoms with van der Waals surface area (Å²) in [5, 5.41) is 12.5. The molecule has 0 saturated carbocycles. The molecule has 0 unspecified atom stereocenters. The fraction of sp³-hybridized carbons (Fsp3) is 0.158. The normalized spacial score (nSPS) is 11.0. The van der Waals surface area contributed by atoms with Crippen LogP contribution in [0.1, 0.15) is 16.7 Å². The molecule has 3 N–H and O–H groups in total. The molecule has 2 heteroatoms. The summed E-state index contributed by atoms with van der Waals surface area (Å²) in [5.74, 6) is 0.270. The molecule has 0 fully saturated rings. The summed E-state index contributed by atoms with van der Waals surface area (Å²) < 4.78 is 0. The maximum absolute atomic E-state index is 10.4. The molecule has 21 heavy (non-hydrogen) atoms. The van der Waals surface area contributed by atoms with Crippen LogP contribution in [0.25, 0.3) is 21.9 Å². The fourth-order valence-corrected chi connectivity index (χ4v) is 2.97. The molecule has 0 saturated heterocycles. The third-order valence-corrected chi connectivity index (χ3v) is 4.35. The molecule has 0 amide bonds. The summed E-state index contributed by atoms with van der Waals surface area (Å²) in [4.78, 5) is 0. The monoisotopic (exact) mass is 277 g/mol. The predicted octanol–water partition coefficient (Wildman–Crippen LogP) is 4.72. The number of aromatic hydroxyl groups is 1. The fourth-order valence-electron chi connectivity index (χ4n) is 2.97. The number of hydrogen-bond donors (Lipinski definition) is 2. The van der Waals surface area contributed by atoms with Crippen LogP contribution in [0.2, 0.25) is 0 Å². The van der Waals surface area contributed by atoms with Gasteiger partial charge in [-0.15, -0.1) is 0 Å². The first-order valence-corrected chi connectivity index (χ1v) is 7.08. The van der Waals surface area contributed by atoms with Gasteiger partial charge in [0.05, 0.1) is 0 Å². The maximum atomic E-state index is 10.4. The summed E-state index contributed by atoms with van der Waals surface area (Å²) in [6.45, 7) is 6.22. The highest BCUT2D eigenvalue weighted by Gasteiger charge is 2.16. The van der Waals surface area contributed by atoms with E-state index in [1.165, 1.54) is 11.1 Å². The smallest absolute Gasteiger partial charge is 0.124 e. The Bertz CT molecular complexity index is 850. The summed E-state index contributed by atoms with van der Waals surface area (Å²) in [5.41, 5.74) is 12.3. The van der Waals surface area contributed by atoms with Crippen molar-refractivity contribution in [3.8, 4) is 16.9 Å². The van der Waals surface area contributed by atoms with Crippen molar-refractivity contribution < 1.29 is 5.11 Å². The van der Waals surface area contributed by atoms with Crippen LogP contribution in [0.4, 0.5) is 5.69 Å². The minimum atomic E-state index is 0.270. The van der Waals surface area contributed by atoms with Crippen LogP contribution in [0, 0.1) is 20.8 Å². The van der Waals surface area contributed by atoms with Gasteiger partial charge in [-0.1, -0.05) is 30.3 Å². The van der Waals surface area contributed by atoms with Gasteiger partial charge >= 0.3 is 0 Å². The summed E-state index contributed by atoms with van der Waals surface area (Å²) in [7, 11) is 0. The van der Waals surface area contributed by atoms with Crippen molar-refractivity contribution in [3.05, 3.63) is 59.2 Å². The van der Waals surface area contributed by atoms with E-state index in [0.29, 0.717) is 5.69 Å². The van der Waals surface area contributed by atoms with E-state index in [-0.39, 0.29) is 5.75 Å². The Labute approximate surface area is 124 Å². The molecular weight excluding hydrogens is 258 g/mol.